The lowest BCUT2D eigenvalue weighted by molar-refractivity contribution is 0.635. The van der Waals surface area contributed by atoms with Crippen LogP contribution in [0, 0.1) is 20.8 Å². The van der Waals surface area contributed by atoms with Crippen molar-refractivity contribution in [3.05, 3.63) is 46.5 Å². The molecule has 0 bridgehead atoms. The van der Waals surface area contributed by atoms with Crippen LogP contribution >= 0.6 is 24.0 Å². The maximum absolute atomic E-state index is 4.49. The van der Waals surface area contributed by atoms with Gasteiger partial charge in [0.25, 0.3) is 0 Å². The molecular formula is C19H31IN6. The van der Waals surface area contributed by atoms with Gasteiger partial charge in [0.1, 0.15) is 0 Å². The minimum Gasteiger partial charge on any atom is -0.356 e. The standard InChI is InChI=1S/C19H30N6.HI/c1-13-7-8-17(12-22-13)9-10-21-19(20-5)23-14(2)11-18-15(3)24-25(6)16(18)4;/h7-8,12,14H,9-11H2,1-6H3,(H2,20,21,23);1H. The molecule has 2 rings (SSSR count). The molecule has 0 spiro atoms. The Kier molecular flexibility index (Phi) is 9.04. The summed E-state index contributed by atoms with van der Waals surface area (Å²) in [4.78, 5) is 8.65. The second-order valence-corrected chi connectivity index (χ2v) is 6.58. The van der Waals surface area contributed by atoms with Crippen molar-refractivity contribution in [1.29, 1.82) is 0 Å². The number of aromatic nitrogens is 3. The molecule has 2 N–H and O–H groups in total. The van der Waals surface area contributed by atoms with E-state index in [-0.39, 0.29) is 30.0 Å². The Morgan fingerprint density at radius 3 is 2.54 bits per heavy atom. The molecule has 0 aromatic carbocycles. The first-order valence-corrected chi connectivity index (χ1v) is 8.78. The number of hydrogen-bond acceptors (Lipinski definition) is 3. The molecule has 6 nitrogen and oxygen atoms in total. The van der Waals surface area contributed by atoms with E-state index >= 15 is 0 Å². The van der Waals surface area contributed by atoms with Gasteiger partial charge in [0.2, 0.25) is 0 Å². The minimum absolute atomic E-state index is 0. The molecule has 7 heteroatoms. The van der Waals surface area contributed by atoms with Gasteiger partial charge in [-0.15, -0.1) is 24.0 Å². The number of hydrogen-bond donors (Lipinski definition) is 2. The Morgan fingerprint density at radius 1 is 1.27 bits per heavy atom. The van der Waals surface area contributed by atoms with Gasteiger partial charge in [0.05, 0.1) is 5.69 Å². The fourth-order valence-electron chi connectivity index (χ4n) is 2.87. The highest BCUT2D eigenvalue weighted by Gasteiger charge is 2.13. The first-order chi connectivity index (χ1) is 11.9. The highest BCUT2D eigenvalue weighted by Crippen LogP contribution is 2.14. The average Bonchev–Trinajstić information content (AvgIpc) is 2.82. The van der Waals surface area contributed by atoms with E-state index in [2.05, 4.69) is 52.5 Å². The quantitative estimate of drug-likeness (QED) is 0.387. The molecule has 0 fully saturated rings. The lowest BCUT2D eigenvalue weighted by Crippen LogP contribution is -2.43. The van der Waals surface area contributed by atoms with E-state index < -0.39 is 0 Å². The highest BCUT2D eigenvalue weighted by atomic mass is 127. The summed E-state index contributed by atoms with van der Waals surface area (Å²) in [5, 5.41) is 11.3. The number of pyridine rings is 1. The van der Waals surface area contributed by atoms with Crippen LogP contribution in [0.25, 0.3) is 0 Å². The Morgan fingerprint density at radius 2 is 2.00 bits per heavy atom. The third kappa shape index (κ3) is 6.26. The van der Waals surface area contributed by atoms with Gasteiger partial charge in [-0.2, -0.15) is 5.10 Å². The Hall–Kier alpha value is -1.64. The number of rotatable bonds is 6. The van der Waals surface area contributed by atoms with Crippen molar-refractivity contribution < 1.29 is 0 Å². The van der Waals surface area contributed by atoms with E-state index in [1.54, 1.807) is 7.05 Å². The van der Waals surface area contributed by atoms with E-state index in [0.717, 1.165) is 36.7 Å². The average molecular weight is 470 g/mol. The van der Waals surface area contributed by atoms with Gasteiger partial charge in [0.15, 0.2) is 5.96 Å². The molecule has 0 aliphatic carbocycles. The summed E-state index contributed by atoms with van der Waals surface area (Å²) >= 11 is 0. The SMILES string of the molecule is CN=C(NCCc1ccc(C)nc1)NC(C)Cc1c(C)nn(C)c1C.I. The molecule has 0 amide bonds. The molecule has 0 aliphatic rings. The molecule has 0 saturated heterocycles. The first kappa shape index (κ1) is 22.4. The number of guanidine groups is 1. The summed E-state index contributed by atoms with van der Waals surface area (Å²) in [5.74, 6) is 0.826. The van der Waals surface area contributed by atoms with Crippen LogP contribution in [-0.4, -0.2) is 40.4 Å². The third-order valence-electron chi connectivity index (χ3n) is 4.45. The van der Waals surface area contributed by atoms with Crippen LogP contribution in [-0.2, 0) is 19.9 Å². The van der Waals surface area contributed by atoms with Gasteiger partial charge in [-0.3, -0.25) is 14.7 Å². The molecule has 26 heavy (non-hydrogen) atoms. The van der Waals surface area contributed by atoms with Crippen molar-refractivity contribution >= 4 is 29.9 Å². The van der Waals surface area contributed by atoms with Gasteiger partial charge < -0.3 is 10.6 Å². The molecule has 0 saturated carbocycles. The summed E-state index contributed by atoms with van der Waals surface area (Å²) in [5.41, 5.74) is 5.90. The first-order valence-electron chi connectivity index (χ1n) is 8.78. The number of aryl methyl sites for hydroxylation is 3. The van der Waals surface area contributed by atoms with E-state index in [9.17, 15) is 0 Å². The molecule has 0 aliphatic heterocycles. The maximum atomic E-state index is 4.49. The third-order valence-corrected chi connectivity index (χ3v) is 4.45. The Labute approximate surface area is 173 Å². The highest BCUT2D eigenvalue weighted by molar-refractivity contribution is 14.0. The van der Waals surface area contributed by atoms with E-state index in [1.165, 1.54) is 16.8 Å². The van der Waals surface area contributed by atoms with E-state index in [1.807, 2.05) is 30.9 Å². The van der Waals surface area contributed by atoms with Gasteiger partial charge in [-0.25, -0.2) is 0 Å². The fraction of sp³-hybridized carbons (Fsp3) is 0.526. The summed E-state index contributed by atoms with van der Waals surface area (Å²) < 4.78 is 1.94. The number of nitrogens with zero attached hydrogens (tertiary/aromatic N) is 4. The lowest BCUT2D eigenvalue weighted by atomic mass is 10.1. The van der Waals surface area contributed by atoms with Crippen LogP contribution in [0.4, 0.5) is 0 Å². The lowest BCUT2D eigenvalue weighted by Gasteiger charge is -2.18. The molecule has 2 heterocycles. The number of halogens is 1. The fourth-order valence-corrected chi connectivity index (χ4v) is 2.87. The molecule has 144 valence electrons. The summed E-state index contributed by atoms with van der Waals surface area (Å²) in [6, 6.07) is 4.44. The van der Waals surface area contributed by atoms with Crippen LogP contribution in [0.15, 0.2) is 23.3 Å². The summed E-state index contributed by atoms with van der Waals surface area (Å²) in [6.45, 7) is 9.17. The van der Waals surface area contributed by atoms with Crippen LogP contribution in [0.2, 0.25) is 0 Å². The summed E-state index contributed by atoms with van der Waals surface area (Å²) in [6.07, 6.45) is 3.78. The van der Waals surface area contributed by atoms with Gasteiger partial charge in [-0.05, 0) is 57.7 Å². The van der Waals surface area contributed by atoms with Crippen LogP contribution in [0.3, 0.4) is 0 Å². The van der Waals surface area contributed by atoms with Crippen LogP contribution in [0.1, 0.15) is 35.1 Å². The molecule has 1 atom stereocenters. The topological polar surface area (TPSA) is 67.1 Å². The maximum Gasteiger partial charge on any atom is 0.191 e. The van der Waals surface area contributed by atoms with Gasteiger partial charge in [0, 0.05) is 44.3 Å². The zero-order valence-corrected chi connectivity index (χ0v) is 19.0. The zero-order chi connectivity index (χ0) is 18.4. The second kappa shape index (κ2) is 10.5. The largest absolute Gasteiger partial charge is 0.356 e. The van der Waals surface area contributed by atoms with E-state index in [4.69, 9.17) is 0 Å². The van der Waals surface area contributed by atoms with Crippen molar-refractivity contribution in [2.75, 3.05) is 13.6 Å². The zero-order valence-electron chi connectivity index (χ0n) is 16.6. The number of aliphatic imine (C=N–C) groups is 1. The Bertz CT molecular complexity index is 720. The predicted octanol–water partition coefficient (Wildman–Crippen LogP) is 2.70. The predicted molar refractivity (Wildman–Crippen MR) is 118 cm³/mol. The van der Waals surface area contributed by atoms with E-state index in [0.29, 0.717) is 0 Å². The van der Waals surface area contributed by atoms with Crippen LogP contribution in [0.5, 0.6) is 0 Å². The molecule has 2 aromatic rings. The van der Waals surface area contributed by atoms with Gasteiger partial charge in [-0.1, -0.05) is 6.07 Å². The van der Waals surface area contributed by atoms with Crippen molar-refractivity contribution in [1.82, 2.24) is 25.4 Å². The van der Waals surface area contributed by atoms with Gasteiger partial charge >= 0.3 is 0 Å². The molecule has 2 aromatic heterocycles. The molecular weight excluding hydrogens is 439 g/mol. The molecule has 0 radical (unpaired) electrons. The van der Waals surface area contributed by atoms with Crippen molar-refractivity contribution in [3.63, 3.8) is 0 Å². The van der Waals surface area contributed by atoms with Crippen molar-refractivity contribution in [2.24, 2.45) is 12.0 Å². The monoisotopic (exact) mass is 470 g/mol. The minimum atomic E-state index is 0. The van der Waals surface area contributed by atoms with Crippen molar-refractivity contribution in [3.8, 4) is 0 Å². The number of nitrogens with one attached hydrogen (secondary N) is 2. The molecule has 1 unspecified atom stereocenters. The van der Waals surface area contributed by atoms with Crippen molar-refractivity contribution in [2.45, 2.75) is 46.6 Å². The van der Waals surface area contributed by atoms with Crippen LogP contribution < -0.4 is 10.6 Å². The smallest absolute Gasteiger partial charge is 0.191 e. The normalized spacial score (nSPS) is 12.5. The second-order valence-electron chi connectivity index (χ2n) is 6.58. The Balaban J connectivity index is 0.00000338. The summed E-state index contributed by atoms with van der Waals surface area (Å²) in [7, 11) is 3.79.